The number of para-hydroxylation sites is 1. The summed E-state index contributed by atoms with van der Waals surface area (Å²) in [6.07, 6.45) is 1.41. The van der Waals surface area contributed by atoms with Gasteiger partial charge in [0.1, 0.15) is 17.5 Å². The Balaban J connectivity index is 1.93. The molecule has 1 aromatic heterocycles. The summed E-state index contributed by atoms with van der Waals surface area (Å²) in [5.74, 6) is -0.456. The third kappa shape index (κ3) is 6.72. The Hall–Kier alpha value is -3.60. The third-order valence-electron chi connectivity index (χ3n) is 6.06. The highest BCUT2D eigenvalue weighted by Gasteiger charge is 2.35. The van der Waals surface area contributed by atoms with Gasteiger partial charge in [-0.15, -0.1) is 0 Å². The van der Waals surface area contributed by atoms with E-state index in [0.29, 0.717) is 32.4 Å². The highest BCUT2D eigenvalue weighted by Crippen LogP contribution is 2.36. The van der Waals surface area contributed by atoms with Crippen LogP contribution in [0.2, 0.25) is 10.0 Å². The molecule has 0 aliphatic carbocycles. The summed E-state index contributed by atoms with van der Waals surface area (Å²) in [7, 11) is 0. The van der Waals surface area contributed by atoms with Gasteiger partial charge >= 0.3 is 11.9 Å². The van der Waals surface area contributed by atoms with Crippen molar-refractivity contribution in [2.24, 2.45) is 4.99 Å². The van der Waals surface area contributed by atoms with Crippen LogP contribution in [0.25, 0.3) is 6.08 Å². The molecule has 4 rings (SSSR count). The molecule has 2 aromatic carbocycles. The SMILES string of the molecule is CCOC(=O)COc1c(Cl)cc(Cl)cc1/C=c1\sc2n(c1=O)[C@H](c1ccccc1OC(C)C)C(C(=O)OCC)=C(C)N=2. The number of nitrogens with zero attached hydrogens (tertiary/aromatic N) is 2. The van der Waals surface area contributed by atoms with Crippen LogP contribution in [-0.4, -0.2) is 42.4 Å². The van der Waals surface area contributed by atoms with Gasteiger partial charge in [-0.25, -0.2) is 14.6 Å². The molecular formula is C30H30Cl2N2O7S. The highest BCUT2D eigenvalue weighted by molar-refractivity contribution is 7.07. The number of esters is 2. The molecule has 0 amide bonds. The topological polar surface area (TPSA) is 105 Å². The molecule has 9 nitrogen and oxygen atoms in total. The number of benzene rings is 2. The number of thiazole rings is 1. The fourth-order valence-corrected chi connectivity index (χ4v) is 6.07. The summed E-state index contributed by atoms with van der Waals surface area (Å²) in [5, 5.41) is 0.462. The zero-order valence-corrected chi connectivity index (χ0v) is 26.1. The predicted molar refractivity (Wildman–Crippen MR) is 161 cm³/mol. The maximum Gasteiger partial charge on any atom is 0.344 e. The lowest BCUT2D eigenvalue weighted by atomic mass is 9.95. The molecule has 1 aliphatic rings. The van der Waals surface area contributed by atoms with E-state index in [4.69, 9.17) is 42.1 Å². The lowest BCUT2D eigenvalue weighted by Crippen LogP contribution is -2.40. The number of fused-ring (bicyclic) bond motifs is 1. The van der Waals surface area contributed by atoms with E-state index < -0.39 is 23.5 Å². The minimum Gasteiger partial charge on any atom is -0.491 e. The van der Waals surface area contributed by atoms with Gasteiger partial charge in [0.15, 0.2) is 11.4 Å². The van der Waals surface area contributed by atoms with E-state index in [2.05, 4.69) is 4.99 Å². The van der Waals surface area contributed by atoms with Crippen LogP contribution in [0, 0.1) is 0 Å². The second kappa shape index (κ2) is 13.6. The Morgan fingerprint density at radius 2 is 1.83 bits per heavy atom. The van der Waals surface area contributed by atoms with Gasteiger partial charge in [0.25, 0.3) is 5.56 Å². The Morgan fingerprint density at radius 1 is 1.12 bits per heavy atom. The maximum absolute atomic E-state index is 14.1. The van der Waals surface area contributed by atoms with Gasteiger partial charge in [0.2, 0.25) is 0 Å². The molecule has 0 bridgehead atoms. The van der Waals surface area contributed by atoms with Crippen molar-refractivity contribution in [3.05, 3.63) is 88.5 Å². The van der Waals surface area contributed by atoms with Crippen molar-refractivity contribution in [3.8, 4) is 11.5 Å². The molecule has 12 heteroatoms. The van der Waals surface area contributed by atoms with Crippen LogP contribution in [0.5, 0.6) is 11.5 Å². The van der Waals surface area contributed by atoms with Gasteiger partial charge in [-0.05, 0) is 58.9 Å². The third-order valence-corrected chi connectivity index (χ3v) is 7.54. The average Bonchev–Trinajstić information content (AvgIpc) is 3.21. The standard InChI is InChI=1S/C30H30Cl2N2O7S/c1-6-38-24(35)15-40-27-18(12-19(31)14-21(27)32)13-23-28(36)34-26(20-10-8-9-11-22(20)41-16(3)4)25(29(37)39-7-2)17(5)33-30(34)42-23/h8-14,16,26H,6-7,15H2,1-5H3/b23-13-/t26-/m1/s1. The first kappa shape index (κ1) is 31.3. The normalized spacial score (nSPS) is 14.9. The molecule has 0 unspecified atom stereocenters. The van der Waals surface area contributed by atoms with Crippen molar-refractivity contribution in [1.82, 2.24) is 4.57 Å². The molecule has 0 saturated carbocycles. The first-order valence-electron chi connectivity index (χ1n) is 13.3. The molecule has 0 saturated heterocycles. The number of halogens is 2. The largest absolute Gasteiger partial charge is 0.491 e. The molecule has 3 aromatic rings. The van der Waals surface area contributed by atoms with Crippen LogP contribution in [0.4, 0.5) is 0 Å². The van der Waals surface area contributed by atoms with Crippen molar-refractivity contribution < 1.29 is 28.5 Å². The molecule has 1 aliphatic heterocycles. The molecule has 0 fully saturated rings. The van der Waals surface area contributed by atoms with Gasteiger partial charge in [-0.3, -0.25) is 9.36 Å². The first-order chi connectivity index (χ1) is 20.0. The van der Waals surface area contributed by atoms with E-state index in [1.165, 1.54) is 10.6 Å². The van der Waals surface area contributed by atoms with Gasteiger partial charge in [-0.2, -0.15) is 0 Å². The molecule has 0 N–H and O–H groups in total. The van der Waals surface area contributed by atoms with Crippen molar-refractivity contribution >= 4 is 52.6 Å². The van der Waals surface area contributed by atoms with E-state index in [1.54, 1.807) is 39.0 Å². The highest BCUT2D eigenvalue weighted by atomic mass is 35.5. The quantitative estimate of drug-likeness (QED) is 0.295. The second-order valence-electron chi connectivity index (χ2n) is 9.41. The zero-order chi connectivity index (χ0) is 30.6. The van der Waals surface area contributed by atoms with Crippen LogP contribution in [0.3, 0.4) is 0 Å². The Labute approximate surface area is 256 Å². The van der Waals surface area contributed by atoms with Crippen LogP contribution in [0.15, 0.2) is 57.5 Å². The number of aromatic nitrogens is 1. The number of rotatable bonds is 10. The number of hydrogen-bond donors (Lipinski definition) is 0. The Morgan fingerprint density at radius 3 is 2.52 bits per heavy atom. The average molecular weight is 634 g/mol. The first-order valence-corrected chi connectivity index (χ1v) is 14.9. The molecule has 222 valence electrons. The summed E-state index contributed by atoms with van der Waals surface area (Å²) in [4.78, 5) is 44.3. The minimum absolute atomic E-state index is 0.154. The number of ether oxygens (including phenoxy) is 4. The van der Waals surface area contributed by atoms with Crippen LogP contribution >= 0.6 is 34.5 Å². The van der Waals surface area contributed by atoms with E-state index in [9.17, 15) is 14.4 Å². The van der Waals surface area contributed by atoms with Crippen molar-refractivity contribution in [2.75, 3.05) is 19.8 Å². The number of carbonyl (C=O) groups excluding carboxylic acids is 2. The summed E-state index contributed by atoms with van der Waals surface area (Å²) in [6, 6.07) is 9.44. The fraction of sp³-hybridized carbons (Fsp3) is 0.333. The fourth-order valence-electron chi connectivity index (χ4n) is 4.47. The summed E-state index contributed by atoms with van der Waals surface area (Å²) >= 11 is 13.8. The van der Waals surface area contributed by atoms with Crippen LogP contribution < -0.4 is 24.4 Å². The van der Waals surface area contributed by atoms with Gasteiger partial charge in [0.05, 0.1) is 40.1 Å². The molecule has 0 spiro atoms. The molecular weight excluding hydrogens is 603 g/mol. The van der Waals surface area contributed by atoms with E-state index >= 15 is 0 Å². The smallest absolute Gasteiger partial charge is 0.344 e. The lowest BCUT2D eigenvalue weighted by Gasteiger charge is -2.26. The van der Waals surface area contributed by atoms with Gasteiger partial charge in [0, 0.05) is 16.1 Å². The summed E-state index contributed by atoms with van der Waals surface area (Å²) in [5.41, 5.74) is 1.24. The van der Waals surface area contributed by atoms with E-state index in [0.717, 1.165) is 11.3 Å². The lowest BCUT2D eigenvalue weighted by molar-refractivity contribution is -0.145. The van der Waals surface area contributed by atoms with Crippen LogP contribution in [0.1, 0.15) is 51.8 Å². The van der Waals surface area contributed by atoms with Crippen molar-refractivity contribution in [2.45, 2.75) is 46.8 Å². The molecule has 42 heavy (non-hydrogen) atoms. The van der Waals surface area contributed by atoms with Crippen molar-refractivity contribution in [1.29, 1.82) is 0 Å². The van der Waals surface area contributed by atoms with E-state index in [1.807, 2.05) is 32.0 Å². The zero-order valence-electron chi connectivity index (χ0n) is 23.7. The summed E-state index contributed by atoms with van der Waals surface area (Å²) in [6.45, 7) is 8.87. The second-order valence-corrected chi connectivity index (χ2v) is 11.3. The predicted octanol–water partition coefficient (Wildman–Crippen LogP) is 4.83. The molecule has 1 atom stereocenters. The van der Waals surface area contributed by atoms with Crippen molar-refractivity contribution in [3.63, 3.8) is 0 Å². The summed E-state index contributed by atoms with van der Waals surface area (Å²) < 4.78 is 23.8. The van der Waals surface area contributed by atoms with E-state index in [-0.39, 0.29) is 46.8 Å². The maximum atomic E-state index is 14.1. The number of allylic oxidation sites excluding steroid dienone is 1. The Bertz CT molecular complexity index is 1730. The van der Waals surface area contributed by atoms with Crippen LogP contribution in [-0.2, 0) is 19.1 Å². The molecule has 2 heterocycles. The minimum atomic E-state index is -0.861. The van der Waals surface area contributed by atoms with Gasteiger partial charge < -0.3 is 18.9 Å². The van der Waals surface area contributed by atoms with Gasteiger partial charge in [-0.1, -0.05) is 52.7 Å². The number of hydrogen-bond acceptors (Lipinski definition) is 9. The monoisotopic (exact) mass is 632 g/mol. The molecule has 0 radical (unpaired) electrons. The number of carbonyl (C=O) groups is 2. The Kier molecular flexibility index (Phi) is 10.1.